The molecule has 1 aliphatic rings. The van der Waals surface area contributed by atoms with Crippen LogP contribution in [0.3, 0.4) is 0 Å². The lowest BCUT2D eigenvalue weighted by atomic mass is 10.1. The lowest BCUT2D eigenvalue weighted by Crippen LogP contribution is -2.52. The van der Waals surface area contributed by atoms with Crippen molar-refractivity contribution in [3.63, 3.8) is 0 Å². The first-order valence-corrected chi connectivity index (χ1v) is 7.71. The summed E-state index contributed by atoms with van der Waals surface area (Å²) in [6, 6.07) is 7.18. The van der Waals surface area contributed by atoms with Crippen LogP contribution < -0.4 is 5.32 Å². The molecular formula is C13H12N2O3S. The molecule has 0 unspecified atom stereocenters. The van der Waals surface area contributed by atoms with Crippen LogP contribution in [0.2, 0.25) is 0 Å². The zero-order valence-electron chi connectivity index (χ0n) is 10.0. The summed E-state index contributed by atoms with van der Waals surface area (Å²) in [7, 11) is -2.93. The van der Waals surface area contributed by atoms with Crippen molar-refractivity contribution in [3.05, 3.63) is 42.2 Å². The van der Waals surface area contributed by atoms with Crippen molar-refractivity contribution in [1.29, 1.82) is 0 Å². The number of benzene rings is 1. The van der Waals surface area contributed by atoms with E-state index in [1.54, 1.807) is 6.20 Å². The van der Waals surface area contributed by atoms with Gasteiger partial charge < -0.3 is 5.32 Å². The fraction of sp³-hybridized carbons (Fsp3) is 0.231. The topological polar surface area (TPSA) is 76.1 Å². The van der Waals surface area contributed by atoms with Crippen LogP contribution in [0.25, 0.3) is 10.8 Å². The van der Waals surface area contributed by atoms with E-state index in [1.165, 1.54) is 6.20 Å². The molecular weight excluding hydrogens is 264 g/mol. The second kappa shape index (κ2) is 4.31. The van der Waals surface area contributed by atoms with Gasteiger partial charge in [-0.25, -0.2) is 8.42 Å². The average molecular weight is 276 g/mol. The first-order valence-electron chi connectivity index (χ1n) is 5.89. The molecule has 1 fully saturated rings. The van der Waals surface area contributed by atoms with Crippen LogP contribution >= 0.6 is 0 Å². The highest BCUT2D eigenvalue weighted by Crippen LogP contribution is 2.18. The Kier molecular flexibility index (Phi) is 2.74. The molecule has 0 radical (unpaired) electrons. The van der Waals surface area contributed by atoms with Gasteiger partial charge in [-0.05, 0) is 5.39 Å². The number of hydrogen-bond acceptors (Lipinski definition) is 4. The van der Waals surface area contributed by atoms with Gasteiger partial charge in [0.2, 0.25) is 0 Å². The molecule has 0 atom stereocenters. The van der Waals surface area contributed by atoms with Gasteiger partial charge in [-0.2, -0.15) is 0 Å². The summed E-state index contributed by atoms with van der Waals surface area (Å²) < 4.78 is 22.1. The molecule has 2 heterocycles. The molecule has 0 aliphatic carbocycles. The van der Waals surface area contributed by atoms with Gasteiger partial charge >= 0.3 is 0 Å². The average Bonchev–Trinajstić information content (AvgIpc) is 2.36. The maximum absolute atomic E-state index is 12.1. The summed E-state index contributed by atoms with van der Waals surface area (Å²) in [6.07, 6.45) is 3.20. The minimum Gasteiger partial charge on any atom is -0.347 e. The van der Waals surface area contributed by atoms with Crippen molar-refractivity contribution in [2.24, 2.45) is 0 Å². The minimum absolute atomic E-state index is 0.0247. The highest BCUT2D eigenvalue weighted by molar-refractivity contribution is 7.92. The van der Waals surface area contributed by atoms with E-state index >= 15 is 0 Å². The summed E-state index contributed by atoms with van der Waals surface area (Å²) in [5.74, 6) is -0.224. The van der Waals surface area contributed by atoms with Gasteiger partial charge in [0.25, 0.3) is 5.91 Å². The molecule has 0 saturated carbocycles. The molecule has 5 nitrogen and oxygen atoms in total. The Hall–Kier alpha value is -1.95. The SMILES string of the molecule is O=C(NC1CS(=O)(=O)C1)c1cncc2ccccc12. The van der Waals surface area contributed by atoms with Gasteiger partial charge in [0.1, 0.15) is 0 Å². The zero-order valence-corrected chi connectivity index (χ0v) is 10.9. The second-order valence-corrected chi connectivity index (χ2v) is 6.81. The van der Waals surface area contributed by atoms with E-state index in [9.17, 15) is 13.2 Å². The number of carbonyl (C=O) groups excluding carboxylic acids is 1. The molecule has 1 aromatic carbocycles. The summed E-state index contributed by atoms with van der Waals surface area (Å²) in [5.41, 5.74) is 0.474. The fourth-order valence-electron chi connectivity index (χ4n) is 2.21. The monoisotopic (exact) mass is 276 g/mol. The maximum Gasteiger partial charge on any atom is 0.253 e. The van der Waals surface area contributed by atoms with Crippen LogP contribution in [0, 0.1) is 0 Å². The number of fused-ring (bicyclic) bond motifs is 1. The molecule has 0 spiro atoms. The number of carbonyl (C=O) groups is 1. The lowest BCUT2D eigenvalue weighted by molar-refractivity contribution is 0.0943. The van der Waals surface area contributed by atoms with Crippen LogP contribution in [0.15, 0.2) is 36.7 Å². The summed E-state index contributed by atoms with van der Waals surface area (Å²) >= 11 is 0. The van der Waals surface area contributed by atoms with E-state index in [0.29, 0.717) is 5.56 Å². The van der Waals surface area contributed by atoms with E-state index in [2.05, 4.69) is 10.3 Å². The zero-order chi connectivity index (χ0) is 13.5. The molecule has 0 bridgehead atoms. The van der Waals surface area contributed by atoms with Gasteiger partial charge in [0, 0.05) is 17.8 Å². The van der Waals surface area contributed by atoms with E-state index in [1.807, 2.05) is 24.3 Å². The van der Waals surface area contributed by atoms with Crippen LogP contribution in [0.1, 0.15) is 10.4 Å². The number of hydrogen-bond donors (Lipinski definition) is 1. The fourth-order valence-corrected chi connectivity index (χ4v) is 3.50. The van der Waals surface area contributed by atoms with Crippen LogP contribution in [0.5, 0.6) is 0 Å². The van der Waals surface area contributed by atoms with Gasteiger partial charge in [0.15, 0.2) is 9.84 Å². The molecule has 98 valence electrons. The number of pyridine rings is 1. The van der Waals surface area contributed by atoms with E-state index in [-0.39, 0.29) is 23.5 Å². The molecule has 1 saturated heterocycles. The van der Waals surface area contributed by atoms with Crippen LogP contribution in [-0.4, -0.2) is 36.9 Å². The largest absolute Gasteiger partial charge is 0.347 e. The van der Waals surface area contributed by atoms with Crippen LogP contribution in [-0.2, 0) is 9.84 Å². The Labute approximate surface area is 110 Å². The Morgan fingerprint density at radius 2 is 1.95 bits per heavy atom. The van der Waals surface area contributed by atoms with Crippen molar-refractivity contribution >= 4 is 26.5 Å². The molecule has 2 aromatic rings. The van der Waals surface area contributed by atoms with Gasteiger partial charge in [-0.3, -0.25) is 9.78 Å². The van der Waals surface area contributed by atoms with E-state index in [4.69, 9.17) is 0 Å². The predicted molar refractivity (Wildman–Crippen MR) is 71.7 cm³/mol. The summed E-state index contributed by atoms with van der Waals surface area (Å²) in [6.45, 7) is 0. The Bertz CT molecular complexity index is 738. The van der Waals surface area contributed by atoms with E-state index < -0.39 is 9.84 Å². The molecule has 1 aromatic heterocycles. The highest BCUT2D eigenvalue weighted by Gasteiger charge is 2.34. The first kappa shape index (κ1) is 12.1. The summed E-state index contributed by atoms with van der Waals surface area (Å²) in [5, 5.41) is 4.42. The third-order valence-electron chi connectivity index (χ3n) is 3.16. The number of sulfone groups is 1. The third-order valence-corrected chi connectivity index (χ3v) is 4.98. The molecule has 3 rings (SSSR count). The maximum atomic E-state index is 12.1. The number of nitrogens with one attached hydrogen (secondary N) is 1. The van der Waals surface area contributed by atoms with Gasteiger partial charge in [-0.15, -0.1) is 0 Å². The van der Waals surface area contributed by atoms with Gasteiger partial charge in [-0.1, -0.05) is 24.3 Å². The lowest BCUT2D eigenvalue weighted by Gasteiger charge is -2.26. The molecule has 1 amide bonds. The number of amides is 1. The third kappa shape index (κ3) is 2.31. The number of nitrogens with zero attached hydrogens (tertiary/aromatic N) is 1. The molecule has 6 heteroatoms. The predicted octanol–water partition coefficient (Wildman–Crippen LogP) is 0.762. The second-order valence-electron chi connectivity index (χ2n) is 4.66. The molecule has 19 heavy (non-hydrogen) atoms. The minimum atomic E-state index is -2.93. The molecule has 1 N–H and O–H groups in total. The van der Waals surface area contributed by atoms with Crippen LogP contribution in [0.4, 0.5) is 0 Å². The van der Waals surface area contributed by atoms with Crippen molar-refractivity contribution < 1.29 is 13.2 Å². The molecule has 1 aliphatic heterocycles. The van der Waals surface area contributed by atoms with Crippen molar-refractivity contribution in [1.82, 2.24) is 10.3 Å². The van der Waals surface area contributed by atoms with Gasteiger partial charge in [0.05, 0.1) is 23.1 Å². The van der Waals surface area contributed by atoms with Crippen molar-refractivity contribution in [3.8, 4) is 0 Å². The standard InChI is InChI=1S/C13H12N2O3S/c16-13(15-10-7-19(17,18)8-10)12-6-14-5-9-3-1-2-4-11(9)12/h1-6,10H,7-8H2,(H,15,16). The quantitative estimate of drug-likeness (QED) is 0.878. The highest BCUT2D eigenvalue weighted by atomic mass is 32.2. The Balaban J connectivity index is 1.86. The van der Waals surface area contributed by atoms with Crippen molar-refractivity contribution in [2.45, 2.75) is 6.04 Å². The summed E-state index contributed by atoms with van der Waals surface area (Å²) in [4.78, 5) is 16.2. The van der Waals surface area contributed by atoms with Crippen molar-refractivity contribution in [2.75, 3.05) is 11.5 Å². The first-order chi connectivity index (χ1) is 9.05. The Morgan fingerprint density at radius 1 is 1.21 bits per heavy atom. The number of aromatic nitrogens is 1. The number of rotatable bonds is 2. The normalized spacial score (nSPS) is 17.9. The van der Waals surface area contributed by atoms with E-state index in [0.717, 1.165) is 10.8 Å². The Morgan fingerprint density at radius 3 is 2.68 bits per heavy atom. The smallest absolute Gasteiger partial charge is 0.253 e.